The Balaban J connectivity index is 1.56. The molecule has 0 saturated heterocycles. The van der Waals surface area contributed by atoms with Crippen molar-refractivity contribution in [1.82, 2.24) is 14.8 Å². The van der Waals surface area contributed by atoms with Gasteiger partial charge in [-0.1, -0.05) is 29.4 Å². The molecule has 1 aromatic carbocycles. The molecule has 1 amide bonds. The molecule has 1 N–H and O–H groups in total. The van der Waals surface area contributed by atoms with Gasteiger partial charge in [0.2, 0.25) is 5.91 Å². The van der Waals surface area contributed by atoms with Crippen LogP contribution in [0.1, 0.15) is 5.76 Å². The summed E-state index contributed by atoms with van der Waals surface area (Å²) in [5.74, 6) is 0.892. The van der Waals surface area contributed by atoms with Gasteiger partial charge < -0.3 is 14.3 Å². The highest BCUT2D eigenvalue weighted by atomic mass is 35.5. The van der Waals surface area contributed by atoms with Crippen molar-refractivity contribution in [2.45, 2.75) is 11.7 Å². The molecule has 0 aliphatic carbocycles. The first-order chi connectivity index (χ1) is 11.2. The number of furan rings is 1. The maximum Gasteiger partial charge on any atom is 0.234 e. The lowest BCUT2D eigenvalue weighted by molar-refractivity contribution is -0.113. The fraction of sp³-hybridized carbons (Fsp3) is 0.133. The second-order valence-electron chi connectivity index (χ2n) is 4.67. The number of carbonyl (C=O) groups is 1. The van der Waals surface area contributed by atoms with Gasteiger partial charge in [0.05, 0.1) is 18.6 Å². The van der Waals surface area contributed by atoms with Crippen LogP contribution < -0.4 is 5.32 Å². The van der Waals surface area contributed by atoms with Crippen molar-refractivity contribution in [3.8, 4) is 0 Å². The van der Waals surface area contributed by atoms with E-state index in [1.807, 2.05) is 16.7 Å². The van der Waals surface area contributed by atoms with Crippen molar-refractivity contribution < 1.29 is 9.21 Å². The average molecular weight is 349 g/mol. The molecule has 0 saturated carbocycles. The van der Waals surface area contributed by atoms with Crippen molar-refractivity contribution in [2.24, 2.45) is 0 Å². The highest BCUT2D eigenvalue weighted by Gasteiger charge is 2.10. The summed E-state index contributed by atoms with van der Waals surface area (Å²) in [5, 5.41) is 11.9. The fourth-order valence-electron chi connectivity index (χ4n) is 1.93. The Morgan fingerprint density at radius 1 is 1.35 bits per heavy atom. The molecule has 6 nitrogen and oxygen atoms in total. The number of nitrogens with zero attached hydrogens (tertiary/aromatic N) is 3. The van der Waals surface area contributed by atoms with Crippen molar-refractivity contribution >= 4 is 35.0 Å². The Hall–Kier alpha value is -2.25. The van der Waals surface area contributed by atoms with E-state index in [1.54, 1.807) is 36.9 Å². The SMILES string of the molecule is O=C(CSc1nncn1Cc1ccco1)Nc1cccc(Cl)c1. The highest BCUT2D eigenvalue weighted by molar-refractivity contribution is 7.99. The number of amides is 1. The Morgan fingerprint density at radius 2 is 2.26 bits per heavy atom. The first-order valence-electron chi connectivity index (χ1n) is 6.79. The molecule has 0 bridgehead atoms. The second-order valence-corrected chi connectivity index (χ2v) is 6.05. The minimum atomic E-state index is -0.134. The van der Waals surface area contributed by atoms with Crippen LogP contribution in [0.25, 0.3) is 0 Å². The molecule has 0 unspecified atom stereocenters. The number of halogens is 1. The zero-order valence-corrected chi connectivity index (χ0v) is 13.5. The molecular formula is C15H13ClN4O2S. The van der Waals surface area contributed by atoms with Crippen LogP contribution in [-0.2, 0) is 11.3 Å². The smallest absolute Gasteiger partial charge is 0.234 e. The van der Waals surface area contributed by atoms with Gasteiger partial charge in [-0.3, -0.25) is 4.79 Å². The number of thioether (sulfide) groups is 1. The zero-order chi connectivity index (χ0) is 16.1. The van der Waals surface area contributed by atoms with Crippen molar-refractivity contribution in [2.75, 3.05) is 11.1 Å². The van der Waals surface area contributed by atoms with Gasteiger partial charge >= 0.3 is 0 Å². The molecule has 0 aliphatic heterocycles. The molecule has 8 heteroatoms. The lowest BCUT2D eigenvalue weighted by Gasteiger charge is -2.06. The molecule has 0 aliphatic rings. The molecular weight excluding hydrogens is 336 g/mol. The Morgan fingerprint density at radius 3 is 3.04 bits per heavy atom. The number of rotatable bonds is 6. The van der Waals surface area contributed by atoms with Crippen molar-refractivity contribution in [3.63, 3.8) is 0 Å². The summed E-state index contributed by atoms with van der Waals surface area (Å²) in [6.45, 7) is 0.526. The molecule has 3 aromatic rings. The molecule has 0 radical (unpaired) electrons. The quantitative estimate of drug-likeness (QED) is 0.692. The van der Waals surface area contributed by atoms with Crippen LogP contribution in [0.2, 0.25) is 5.02 Å². The molecule has 0 spiro atoms. The van der Waals surface area contributed by atoms with Gasteiger partial charge in [0, 0.05) is 10.7 Å². The number of hydrogen-bond donors (Lipinski definition) is 1. The van der Waals surface area contributed by atoms with Crippen LogP contribution in [0.4, 0.5) is 5.69 Å². The standard InChI is InChI=1S/C15H13ClN4O2S/c16-11-3-1-4-12(7-11)18-14(21)9-23-15-19-17-10-20(15)8-13-5-2-6-22-13/h1-7,10H,8-9H2,(H,18,21). The molecule has 2 heterocycles. The van der Waals surface area contributed by atoms with Gasteiger partial charge in [-0.2, -0.15) is 0 Å². The van der Waals surface area contributed by atoms with E-state index in [1.165, 1.54) is 11.8 Å². The van der Waals surface area contributed by atoms with Crippen LogP contribution in [-0.4, -0.2) is 26.4 Å². The van der Waals surface area contributed by atoms with E-state index in [9.17, 15) is 4.79 Å². The maximum atomic E-state index is 12.0. The normalized spacial score (nSPS) is 10.7. The first-order valence-corrected chi connectivity index (χ1v) is 8.15. The van der Waals surface area contributed by atoms with E-state index in [0.29, 0.717) is 22.4 Å². The molecule has 2 aromatic heterocycles. The summed E-state index contributed by atoms with van der Waals surface area (Å²) in [6, 6.07) is 10.7. The second kappa shape index (κ2) is 7.34. The van der Waals surface area contributed by atoms with Crippen molar-refractivity contribution in [1.29, 1.82) is 0 Å². The molecule has 3 rings (SSSR count). The van der Waals surface area contributed by atoms with Gasteiger partial charge in [-0.05, 0) is 30.3 Å². The predicted molar refractivity (Wildman–Crippen MR) is 88.6 cm³/mol. The summed E-state index contributed by atoms with van der Waals surface area (Å²) in [5.41, 5.74) is 0.667. The molecule has 23 heavy (non-hydrogen) atoms. The largest absolute Gasteiger partial charge is 0.467 e. The van der Waals surface area contributed by atoms with E-state index < -0.39 is 0 Å². The van der Waals surface area contributed by atoms with Crippen LogP contribution in [0.3, 0.4) is 0 Å². The van der Waals surface area contributed by atoms with Gasteiger partial charge in [-0.25, -0.2) is 0 Å². The maximum absolute atomic E-state index is 12.0. The van der Waals surface area contributed by atoms with Crippen LogP contribution in [0.5, 0.6) is 0 Å². The zero-order valence-electron chi connectivity index (χ0n) is 12.0. The van der Waals surface area contributed by atoms with E-state index in [-0.39, 0.29) is 11.7 Å². The number of carbonyl (C=O) groups excluding carboxylic acids is 1. The minimum Gasteiger partial charge on any atom is -0.467 e. The number of anilines is 1. The minimum absolute atomic E-state index is 0.134. The molecule has 0 atom stereocenters. The third kappa shape index (κ3) is 4.37. The van der Waals surface area contributed by atoms with Gasteiger partial charge in [0.15, 0.2) is 5.16 Å². The number of nitrogens with one attached hydrogen (secondary N) is 1. The lowest BCUT2D eigenvalue weighted by Crippen LogP contribution is -2.14. The van der Waals surface area contributed by atoms with Crippen molar-refractivity contribution in [3.05, 3.63) is 59.8 Å². The third-order valence-electron chi connectivity index (χ3n) is 2.93. The van der Waals surface area contributed by atoms with Crippen LogP contribution in [0.15, 0.2) is 58.6 Å². The summed E-state index contributed by atoms with van der Waals surface area (Å²) in [4.78, 5) is 12.0. The summed E-state index contributed by atoms with van der Waals surface area (Å²) in [6.07, 6.45) is 3.23. The monoisotopic (exact) mass is 348 g/mol. The van der Waals surface area contributed by atoms with E-state index >= 15 is 0 Å². The summed E-state index contributed by atoms with van der Waals surface area (Å²) >= 11 is 7.20. The first kappa shape index (κ1) is 15.6. The molecule has 118 valence electrons. The summed E-state index contributed by atoms with van der Waals surface area (Å²) in [7, 11) is 0. The predicted octanol–water partition coefficient (Wildman–Crippen LogP) is 3.30. The third-order valence-corrected chi connectivity index (χ3v) is 4.14. The number of aromatic nitrogens is 3. The van der Waals surface area contributed by atoms with E-state index in [4.69, 9.17) is 16.0 Å². The Kier molecular flexibility index (Phi) is 4.99. The van der Waals surface area contributed by atoms with Crippen LogP contribution in [0, 0.1) is 0 Å². The number of hydrogen-bond acceptors (Lipinski definition) is 5. The van der Waals surface area contributed by atoms with Gasteiger partial charge in [0.25, 0.3) is 0 Å². The van der Waals surface area contributed by atoms with E-state index in [2.05, 4.69) is 15.5 Å². The number of benzene rings is 1. The van der Waals surface area contributed by atoms with E-state index in [0.717, 1.165) is 5.76 Å². The summed E-state index contributed by atoms with van der Waals surface area (Å²) < 4.78 is 7.13. The van der Waals surface area contributed by atoms with Gasteiger partial charge in [0.1, 0.15) is 12.1 Å². The molecule has 0 fully saturated rings. The van der Waals surface area contributed by atoms with Gasteiger partial charge in [-0.15, -0.1) is 10.2 Å². The Labute approximate surface area is 141 Å². The topological polar surface area (TPSA) is 73.0 Å². The fourth-order valence-corrected chi connectivity index (χ4v) is 2.83. The highest BCUT2D eigenvalue weighted by Crippen LogP contribution is 2.18. The Bertz CT molecular complexity index is 788. The average Bonchev–Trinajstić information content (AvgIpc) is 3.18. The van der Waals surface area contributed by atoms with Crippen LogP contribution >= 0.6 is 23.4 Å². The lowest BCUT2D eigenvalue weighted by atomic mass is 10.3.